The molecule has 0 atom stereocenters. The number of aryl methyl sites for hydroxylation is 1. The summed E-state index contributed by atoms with van der Waals surface area (Å²) in [6, 6.07) is 1.52. The molecular formula is C10H14N2O5. The van der Waals surface area contributed by atoms with Gasteiger partial charge in [-0.3, -0.25) is 4.79 Å². The third kappa shape index (κ3) is 3.78. The van der Waals surface area contributed by atoms with Gasteiger partial charge in [-0.1, -0.05) is 0 Å². The Morgan fingerprint density at radius 3 is 2.71 bits per heavy atom. The molecule has 2 N–H and O–H groups in total. The van der Waals surface area contributed by atoms with Crippen LogP contribution in [0.25, 0.3) is 0 Å². The van der Waals surface area contributed by atoms with E-state index in [4.69, 9.17) is 14.4 Å². The van der Waals surface area contributed by atoms with Crippen molar-refractivity contribution in [1.82, 2.24) is 10.5 Å². The second kappa shape index (κ2) is 4.86. The van der Waals surface area contributed by atoms with Crippen LogP contribution in [0.5, 0.6) is 5.88 Å². The average molecular weight is 242 g/mol. The first kappa shape index (κ1) is 13.0. The number of carboxylic acids is 1. The van der Waals surface area contributed by atoms with E-state index in [0.717, 1.165) is 0 Å². The smallest absolute Gasteiger partial charge is 0.328 e. The lowest BCUT2D eigenvalue weighted by atomic mass is 10.1. The summed E-state index contributed by atoms with van der Waals surface area (Å²) in [5.74, 6) is -0.918. The number of nitrogens with one attached hydrogen (secondary N) is 1. The molecule has 0 unspecified atom stereocenters. The van der Waals surface area contributed by atoms with Crippen molar-refractivity contribution in [2.24, 2.45) is 0 Å². The summed E-state index contributed by atoms with van der Waals surface area (Å²) in [6.07, 6.45) is 0. The van der Waals surface area contributed by atoms with Gasteiger partial charge in [-0.15, -0.1) is 0 Å². The highest BCUT2D eigenvalue weighted by molar-refractivity contribution is 5.86. The number of aliphatic carboxylic acids is 1. The number of amides is 1. The van der Waals surface area contributed by atoms with Crippen molar-refractivity contribution in [3.8, 4) is 5.88 Å². The molecule has 0 saturated heterocycles. The predicted molar refractivity (Wildman–Crippen MR) is 56.6 cm³/mol. The van der Waals surface area contributed by atoms with Gasteiger partial charge in [-0.05, 0) is 25.9 Å². The highest BCUT2D eigenvalue weighted by Crippen LogP contribution is 2.09. The van der Waals surface area contributed by atoms with Gasteiger partial charge >= 0.3 is 5.97 Å². The summed E-state index contributed by atoms with van der Waals surface area (Å²) < 4.78 is 9.74. The molecule has 0 bridgehead atoms. The van der Waals surface area contributed by atoms with Crippen molar-refractivity contribution in [2.45, 2.75) is 26.3 Å². The van der Waals surface area contributed by atoms with Gasteiger partial charge in [-0.2, -0.15) is 0 Å². The second-order valence-electron chi connectivity index (χ2n) is 4.04. The number of carbonyl (C=O) groups is 2. The maximum atomic E-state index is 11.4. The molecule has 0 radical (unpaired) electrons. The third-order valence-electron chi connectivity index (χ3n) is 1.94. The van der Waals surface area contributed by atoms with Crippen LogP contribution < -0.4 is 10.1 Å². The molecule has 0 fully saturated rings. The number of ether oxygens (including phenoxy) is 1. The van der Waals surface area contributed by atoms with Crippen molar-refractivity contribution in [3.63, 3.8) is 0 Å². The fourth-order valence-electron chi connectivity index (χ4n) is 0.989. The molecule has 0 spiro atoms. The molecule has 1 amide bonds. The van der Waals surface area contributed by atoms with Crippen LogP contribution in [0.4, 0.5) is 0 Å². The van der Waals surface area contributed by atoms with Gasteiger partial charge < -0.3 is 19.7 Å². The third-order valence-corrected chi connectivity index (χ3v) is 1.94. The standard InChI is InChI=1S/C10H14N2O5/c1-6-4-8(12-17-6)16-5-7(13)11-10(2,3)9(14)15/h4H,5H2,1-3H3,(H,11,13)(H,14,15). The minimum absolute atomic E-state index is 0.186. The lowest BCUT2D eigenvalue weighted by Crippen LogP contribution is -2.51. The molecule has 7 heteroatoms. The maximum absolute atomic E-state index is 11.4. The van der Waals surface area contributed by atoms with Gasteiger partial charge in [0.1, 0.15) is 11.3 Å². The van der Waals surface area contributed by atoms with Gasteiger partial charge in [0.25, 0.3) is 11.8 Å². The van der Waals surface area contributed by atoms with E-state index in [9.17, 15) is 9.59 Å². The van der Waals surface area contributed by atoms with Crippen molar-refractivity contribution in [1.29, 1.82) is 0 Å². The molecule has 1 heterocycles. The minimum atomic E-state index is -1.33. The molecule has 1 aromatic rings. The van der Waals surface area contributed by atoms with Gasteiger partial charge in [0.2, 0.25) is 0 Å². The van der Waals surface area contributed by atoms with Gasteiger partial charge in [0.05, 0.1) is 0 Å². The van der Waals surface area contributed by atoms with Gasteiger partial charge in [0.15, 0.2) is 6.61 Å². The van der Waals surface area contributed by atoms with Crippen LogP contribution in [0.2, 0.25) is 0 Å². The van der Waals surface area contributed by atoms with E-state index in [1.165, 1.54) is 19.9 Å². The average Bonchev–Trinajstić information content (AvgIpc) is 2.60. The largest absolute Gasteiger partial charge is 0.480 e. The van der Waals surface area contributed by atoms with E-state index >= 15 is 0 Å². The molecule has 1 rings (SSSR count). The molecule has 94 valence electrons. The molecule has 1 aromatic heterocycles. The summed E-state index contributed by atoms with van der Waals surface area (Å²) in [4.78, 5) is 22.1. The first-order chi connectivity index (χ1) is 7.81. The lowest BCUT2D eigenvalue weighted by molar-refractivity contribution is -0.146. The summed E-state index contributed by atoms with van der Waals surface area (Å²) >= 11 is 0. The molecule has 0 aliphatic rings. The Balaban J connectivity index is 2.43. The summed E-state index contributed by atoms with van der Waals surface area (Å²) in [7, 11) is 0. The first-order valence-corrected chi connectivity index (χ1v) is 4.92. The lowest BCUT2D eigenvalue weighted by Gasteiger charge is -2.20. The highest BCUT2D eigenvalue weighted by Gasteiger charge is 2.28. The van der Waals surface area contributed by atoms with Crippen molar-refractivity contribution >= 4 is 11.9 Å². The van der Waals surface area contributed by atoms with Crippen LogP contribution >= 0.6 is 0 Å². The van der Waals surface area contributed by atoms with Crippen molar-refractivity contribution in [3.05, 3.63) is 11.8 Å². The molecule has 0 aliphatic carbocycles. The number of rotatable bonds is 5. The van der Waals surface area contributed by atoms with Crippen LogP contribution in [0.1, 0.15) is 19.6 Å². The SMILES string of the molecule is Cc1cc(OCC(=O)NC(C)(C)C(=O)O)no1. The van der Waals surface area contributed by atoms with Crippen molar-refractivity contribution in [2.75, 3.05) is 6.61 Å². The highest BCUT2D eigenvalue weighted by atomic mass is 16.5. The Morgan fingerprint density at radius 2 is 2.24 bits per heavy atom. The molecule has 17 heavy (non-hydrogen) atoms. The van der Waals surface area contributed by atoms with Crippen molar-refractivity contribution < 1.29 is 24.0 Å². The van der Waals surface area contributed by atoms with Gasteiger partial charge in [0, 0.05) is 6.07 Å². The van der Waals surface area contributed by atoms with Crippen LogP contribution in [-0.4, -0.2) is 34.3 Å². The zero-order valence-corrected chi connectivity index (χ0v) is 9.81. The minimum Gasteiger partial charge on any atom is -0.480 e. The predicted octanol–water partition coefficient (Wildman–Crippen LogP) is 0.341. The number of nitrogens with zero attached hydrogens (tertiary/aromatic N) is 1. The zero-order chi connectivity index (χ0) is 13.1. The van der Waals surface area contributed by atoms with E-state index in [1.54, 1.807) is 6.92 Å². The van der Waals surface area contributed by atoms with E-state index < -0.39 is 17.4 Å². The summed E-state index contributed by atoms with van der Waals surface area (Å²) in [6.45, 7) is 4.14. The summed E-state index contributed by atoms with van der Waals surface area (Å²) in [5, 5.41) is 14.6. The molecule has 0 aromatic carbocycles. The van der Waals surface area contributed by atoms with Crippen LogP contribution in [0.3, 0.4) is 0 Å². The van der Waals surface area contributed by atoms with E-state index in [2.05, 4.69) is 10.5 Å². The number of hydrogen-bond acceptors (Lipinski definition) is 5. The van der Waals surface area contributed by atoms with Crippen LogP contribution in [0.15, 0.2) is 10.6 Å². The monoisotopic (exact) mass is 242 g/mol. The van der Waals surface area contributed by atoms with Gasteiger partial charge in [-0.25, -0.2) is 4.79 Å². The van der Waals surface area contributed by atoms with Crippen LogP contribution in [0, 0.1) is 6.92 Å². The Bertz CT molecular complexity index is 424. The summed E-state index contributed by atoms with van der Waals surface area (Å²) in [5.41, 5.74) is -1.33. The molecular weight excluding hydrogens is 228 g/mol. The Labute approximate surface area is 97.7 Å². The second-order valence-corrected chi connectivity index (χ2v) is 4.04. The quantitative estimate of drug-likeness (QED) is 0.772. The van der Waals surface area contributed by atoms with E-state index in [0.29, 0.717) is 5.76 Å². The topological polar surface area (TPSA) is 102 Å². The Morgan fingerprint density at radius 1 is 1.59 bits per heavy atom. The Hall–Kier alpha value is -2.05. The number of carbonyl (C=O) groups excluding carboxylic acids is 1. The number of aromatic nitrogens is 1. The fourth-order valence-corrected chi connectivity index (χ4v) is 0.989. The van der Waals surface area contributed by atoms with E-state index in [1.807, 2.05) is 0 Å². The molecule has 7 nitrogen and oxygen atoms in total. The zero-order valence-electron chi connectivity index (χ0n) is 9.81. The molecule has 0 aliphatic heterocycles. The number of carboxylic acid groups (broad SMARTS) is 1. The fraction of sp³-hybridized carbons (Fsp3) is 0.500. The van der Waals surface area contributed by atoms with Crippen LogP contribution in [-0.2, 0) is 9.59 Å². The van der Waals surface area contributed by atoms with E-state index in [-0.39, 0.29) is 12.5 Å². The molecule has 0 saturated carbocycles. The first-order valence-electron chi connectivity index (χ1n) is 4.92. The Kier molecular flexibility index (Phi) is 3.72. The number of hydrogen-bond donors (Lipinski definition) is 2. The normalized spacial score (nSPS) is 11.0. The maximum Gasteiger partial charge on any atom is 0.328 e.